The highest BCUT2D eigenvalue weighted by Crippen LogP contribution is 2.39. The van der Waals surface area contributed by atoms with Gasteiger partial charge in [0.15, 0.2) is 11.6 Å². The van der Waals surface area contributed by atoms with E-state index < -0.39 is 17.5 Å². The van der Waals surface area contributed by atoms with Crippen LogP contribution in [0.5, 0.6) is 0 Å². The van der Waals surface area contributed by atoms with Gasteiger partial charge in [0.25, 0.3) is 11.5 Å². The minimum atomic E-state index is -1.06. The molecular formula is C31H33F2N5O4. The highest BCUT2D eigenvalue weighted by atomic mass is 19.2. The van der Waals surface area contributed by atoms with E-state index in [0.29, 0.717) is 45.1 Å². The summed E-state index contributed by atoms with van der Waals surface area (Å²) in [7, 11) is 0. The van der Waals surface area contributed by atoms with Crippen LogP contribution in [0.2, 0.25) is 0 Å². The Kier molecular flexibility index (Phi) is 8.03. The van der Waals surface area contributed by atoms with Gasteiger partial charge in [0.1, 0.15) is 0 Å². The van der Waals surface area contributed by atoms with Gasteiger partial charge < -0.3 is 24.8 Å². The molecule has 220 valence electrons. The van der Waals surface area contributed by atoms with Crippen LogP contribution >= 0.6 is 0 Å². The highest BCUT2D eigenvalue weighted by Gasteiger charge is 2.35. The predicted octanol–water partition coefficient (Wildman–Crippen LogP) is 3.66. The van der Waals surface area contributed by atoms with Gasteiger partial charge in [-0.15, -0.1) is 0 Å². The number of benzene rings is 2. The van der Waals surface area contributed by atoms with Crippen molar-refractivity contribution in [2.24, 2.45) is 5.92 Å². The van der Waals surface area contributed by atoms with Gasteiger partial charge in [0.05, 0.1) is 24.6 Å². The third-order valence-electron chi connectivity index (χ3n) is 8.29. The molecule has 2 fully saturated rings. The van der Waals surface area contributed by atoms with E-state index >= 15 is 0 Å². The smallest absolute Gasteiger partial charge is 0.255 e. The third-order valence-corrected chi connectivity index (χ3v) is 8.29. The average Bonchev–Trinajstić information content (AvgIpc) is 2.99. The van der Waals surface area contributed by atoms with E-state index in [1.165, 1.54) is 6.07 Å². The van der Waals surface area contributed by atoms with Crippen LogP contribution in [-0.2, 0) is 16.1 Å². The van der Waals surface area contributed by atoms with Gasteiger partial charge in [-0.3, -0.25) is 19.3 Å². The van der Waals surface area contributed by atoms with Crippen LogP contribution < -0.4 is 21.1 Å². The van der Waals surface area contributed by atoms with Crippen molar-refractivity contribution in [1.82, 2.24) is 9.47 Å². The van der Waals surface area contributed by atoms with E-state index in [1.54, 1.807) is 24.3 Å². The van der Waals surface area contributed by atoms with Gasteiger partial charge >= 0.3 is 0 Å². The van der Waals surface area contributed by atoms with E-state index in [9.17, 15) is 23.2 Å². The zero-order valence-corrected chi connectivity index (χ0v) is 23.2. The number of ether oxygens (including phenoxy) is 1. The second-order valence-corrected chi connectivity index (χ2v) is 11.2. The first kappa shape index (κ1) is 28.0. The van der Waals surface area contributed by atoms with Gasteiger partial charge in [-0.1, -0.05) is 6.07 Å². The molecule has 2 amide bonds. The Hall–Kier alpha value is -4.09. The number of carbonyl (C=O) groups is 2. The molecule has 0 saturated carbocycles. The summed E-state index contributed by atoms with van der Waals surface area (Å²) >= 11 is 0. The molecule has 0 spiro atoms. The summed E-state index contributed by atoms with van der Waals surface area (Å²) in [5, 5.41) is 5.63. The summed E-state index contributed by atoms with van der Waals surface area (Å²) in [6.07, 6.45) is 1.27. The molecule has 11 heteroatoms. The average molecular weight is 578 g/mol. The van der Waals surface area contributed by atoms with E-state index in [1.807, 2.05) is 16.7 Å². The number of nitrogens with zero attached hydrogens (tertiary/aromatic N) is 3. The molecule has 6 rings (SSSR count). The number of rotatable bonds is 7. The second-order valence-electron chi connectivity index (χ2n) is 11.2. The minimum absolute atomic E-state index is 0.0141. The Morgan fingerprint density at radius 3 is 2.57 bits per heavy atom. The number of nitrogens with one attached hydrogen (secondary N) is 2. The molecule has 2 atom stereocenters. The van der Waals surface area contributed by atoms with Gasteiger partial charge in [-0.2, -0.15) is 0 Å². The lowest BCUT2D eigenvalue weighted by atomic mass is 9.83. The zero-order valence-electron chi connectivity index (χ0n) is 23.2. The van der Waals surface area contributed by atoms with Crippen LogP contribution in [0, 0.1) is 17.6 Å². The number of pyridine rings is 1. The second kappa shape index (κ2) is 12.0. The molecule has 2 unspecified atom stereocenters. The normalized spacial score (nSPS) is 20.1. The lowest BCUT2D eigenvalue weighted by Crippen LogP contribution is -2.47. The SMILES string of the molecule is O=C(CCN1CCOCC1)Nc1cc(C(=O)Nc2ccc(F)c(F)c2)ccc1N1CC2CC(C1)c1cccc(=O)n1C2. The van der Waals surface area contributed by atoms with Crippen molar-refractivity contribution in [3.05, 3.63) is 87.8 Å². The molecule has 42 heavy (non-hydrogen) atoms. The number of halogens is 2. The molecule has 1 aromatic heterocycles. The molecule has 2 bridgehead atoms. The van der Waals surface area contributed by atoms with Gasteiger partial charge in [-0.25, -0.2) is 8.78 Å². The van der Waals surface area contributed by atoms with Crippen molar-refractivity contribution in [3.8, 4) is 0 Å². The first-order chi connectivity index (χ1) is 20.3. The summed E-state index contributed by atoms with van der Waals surface area (Å²) in [6, 6.07) is 13.7. The molecule has 3 aliphatic heterocycles. The van der Waals surface area contributed by atoms with Crippen molar-refractivity contribution < 1.29 is 23.1 Å². The number of amides is 2. The molecule has 2 N–H and O–H groups in total. The number of piperidine rings is 1. The van der Waals surface area contributed by atoms with Crippen molar-refractivity contribution in [1.29, 1.82) is 0 Å². The highest BCUT2D eigenvalue weighted by molar-refractivity contribution is 6.06. The molecule has 2 aromatic carbocycles. The van der Waals surface area contributed by atoms with Crippen LogP contribution in [0.3, 0.4) is 0 Å². The van der Waals surface area contributed by atoms with Gasteiger partial charge in [0, 0.05) is 80.7 Å². The number of hydrogen-bond donors (Lipinski definition) is 2. The quantitative estimate of drug-likeness (QED) is 0.445. The van der Waals surface area contributed by atoms with Crippen LogP contribution in [0.1, 0.15) is 34.8 Å². The lowest BCUT2D eigenvalue weighted by Gasteiger charge is -2.44. The maximum absolute atomic E-state index is 13.7. The molecular weight excluding hydrogens is 544 g/mol. The Balaban J connectivity index is 1.25. The number of carbonyl (C=O) groups excluding carboxylic acids is 2. The summed E-state index contributed by atoms with van der Waals surface area (Å²) in [5.74, 6) is -2.32. The van der Waals surface area contributed by atoms with Gasteiger partial charge in [0.2, 0.25) is 5.91 Å². The Bertz CT molecular complexity index is 1550. The van der Waals surface area contributed by atoms with E-state index in [0.717, 1.165) is 43.0 Å². The first-order valence-corrected chi connectivity index (χ1v) is 14.3. The number of morpholine rings is 1. The fourth-order valence-corrected chi connectivity index (χ4v) is 6.22. The molecule has 3 aliphatic rings. The molecule has 3 aromatic rings. The largest absolute Gasteiger partial charge is 0.379 e. The monoisotopic (exact) mass is 577 g/mol. The summed E-state index contributed by atoms with van der Waals surface area (Å²) in [4.78, 5) is 43.1. The summed E-state index contributed by atoms with van der Waals surface area (Å²) in [5.41, 5.74) is 2.71. The minimum Gasteiger partial charge on any atom is -0.379 e. The Morgan fingerprint density at radius 1 is 0.929 bits per heavy atom. The van der Waals surface area contributed by atoms with Crippen LogP contribution in [0.25, 0.3) is 0 Å². The fourth-order valence-electron chi connectivity index (χ4n) is 6.22. The van der Waals surface area contributed by atoms with E-state index in [2.05, 4.69) is 20.4 Å². The lowest BCUT2D eigenvalue weighted by molar-refractivity contribution is -0.116. The van der Waals surface area contributed by atoms with Crippen LogP contribution in [0.15, 0.2) is 59.4 Å². The first-order valence-electron chi connectivity index (χ1n) is 14.3. The van der Waals surface area contributed by atoms with Crippen LogP contribution in [0.4, 0.5) is 25.8 Å². The van der Waals surface area contributed by atoms with Crippen molar-refractivity contribution in [2.45, 2.75) is 25.3 Å². The standard InChI is InChI=1S/C31H33F2N5O4/c32-24-6-5-23(16-25(24)33)34-31(41)21-4-7-28(26(15-21)35-29(39)8-9-36-10-12-42-13-11-36)37-17-20-14-22(19-37)27-2-1-3-30(40)38(27)18-20/h1-7,15-16,20,22H,8-14,17-19H2,(H,34,41)(H,35,39). The molecule has 9 nitrogen and oxygen atoms in total. The zero-order chi connectivity index (χ0) is 29.2. The van der Waals surface area contributed by atoms with Crippen LogP contribution in [-0.4, -0.2) is 67.2 Å². The van der Waals surface area contributed by atoms with E-state index in [-0.39, 0.29) is 41.0 Å². The fraction of sp³-hybridized carbons (Fsp3) is 0.387. The molecule has 2 saturated heterocycles. The summed E-state index contributed by atoms with van der Waals surface area (Å²) < 4.78 is 34.3. The Morgan fingerprint density at radius 2 is 1.76 bits per heavy atom. The van der Waals surface area contributed by atoms with Crippen molar-refractivity contribution >= 4 is 28.9 Å². The molecule has 0 radical (unpaired) electrons. The molecule has 4 heterocycles. The molecule has 0 aliphatic carbocycles. The van der Waals surface area contributed by atoms with E-state index in [4.69, 9.17) is 4.74 Å². The van der Waals surface area contributed by atoms with Gasteiger partial charge in [-0.05, 0) is 48.7 Å². The van der Waals surface area contributed by atoms with Crippen molar-refractivity contribution in [3.63, 3.8) is 0 Å². The maximum Gasteiger partial charge on any atom is 0.255 e. The number of fused-ring (bicyclic) bond motifs is 4. The number of aromatic nitrogens is 1. The third kappa shape index (κ3) is 6.07. The number of hydrogen-bond acceptors (Lipinski definition) is 6. The summed E-state index contributed by atoms with van der Waals surface area (Å²) in [6.45, 7) is 5.45. The Labute approximate surface area is 242 Å². The topological polar surface area (TPSA) is 95.9 Å². The maximum atomic E-state index is 13.7. The van der Waals surface area contributed by atoms with Crippen molar-refractivity contribution in [2.75, 3.05) is 61.5 Å². The number of anilines is 3. The predicted molar refractivity (Wildman–Crippen MR) is 155 cm³/mol.